The van der Waals surface area contributed by atoms with Crippen LogP contribution in [-0.2, 0) is 13.2 Å². The van der Waals surface area contributed by atoms with E-state index in [0.29, 0.717) is 0 Å². The molecule has 3 heteroatoms. The van der Waals surface area contributed by atoms with Crippen LogP contribution in [0.25, 0.3) is 0 Å². The largest absolute Gasteiger partial charge is 0.392 e. The standard InChI is InChI=1S/C17H28N2O/c1-2-11-19(13-16-7-9-18-10-8-16)12-15-3-5-17(14-20)6-4-15/h3-6,16,18,20H,2,7-14H2,1H3. The zero-order chi connectivity index (χ0) is 14.2. The van der Waals surface area contributed by atoms with Crippen LogP contribution in [-0.4, -0.2) is 36.2 Å². The van der Waals surface area contributed by atoms with Crippen LogP contribution in [0.1, 0.15) is 37.3 Å². The van der Waals surface area contributed by atoms with Crippen molar-refractivity contribution >= 4 is 0 Å². The molecule has 0 aliphatic carbocycles. The number of nitrogens with one attached hydrogen (secondary N) is 1. The average molecular weight is 276 g/mol. The summed E-state index contributed by atoms with van der Waals surface area (Å²) in [5.41, 5.74) is 2.35. The molecule has 0 amide bonds. The molecule has 1 heterocycles. The lowest BCUT2D eigenvalue weighted by molar-refractivity contribution is 0.199. The van der Waals surface area contributed by atoms with Gasteiger partial charge in [0.2, 0.25) is 0 Å². The van der Waals surface area contributed by atoms with E-state index in [0.717, 1.165) is 18.0 Å². The first-order valence-corrected chi connectivity index (χ1v) is 7.93. The van der Waals surface area contributed by atoms with Crippen molar-refractivity contribution < 1.29 is 5.11 Å². The van der Waals surface area contributed by atoms with Gasteiger partial charge in [-0.15, -0.1) is 0 Å². The molecule has 0 spiro atoms. The first-order valence-electron chi connectivity index (χ1n) is 7.93. The predicted molar refractivity (Wildman–Crippen MR) is 83.5 cm³/mol. The fourth-order valence-corrected chi connectivity index (χ4v) is 2.99. The molecule has 1 aliphatic heterocycles. The number of piperidine rings is 1. The Balaban J connectivity index is 1.89. The molecule has 2 rings (SSSR count). The van der Waals surface area contributed by atoms with Crippen LogP contribution in [0.3, 0.4) is 0 Å². The van der Waals surface area contributed by atoms with Gasteiger partial charge in [0.1, 0.15) is 0 Å². The van der Waals surface area contributed by atoms with E-state index in [-0.39, 0.29) is 6.61 Å². The van der Waals surface area contributed by atoms with Crippen LogP contribution >= 0.6 is 0 Å². The van der Waals surface area contributed by atoms with Gasteiger partial charge in [0.25, 0.3) is 0 Å². The summed E-state index contributed by atoms with van der Waals surface area (Å²) in [6.45, 7) is 8.16. The molecule has 2 N–H and O–H groups in total. The van der Waals surface area contributed by atoms with Gasteiger partial charge in [-0.2, -0.15) is 0 Å². The molecule has 20 heavy (non-hydrogen) atoms. The summed E-state index contributed by atoms with van der Waals surface area (Å²) in [6, 6.07) is 8.36. The highest BCUT2D eigenvalue weighted by atomic mass is 16.3. The summed E-state index contributed by atoms with van der Waals surface area (Å²) in [7, 11) is 0. The Morgan fingerprint density at radius 3 is 2.40 bits per heavy atom. The van der Waals surface area contributed by atoms with Gasteiger partial charge in [-0.3, -0.25) is 4.90 Å². The van der Waals surface area contributed by atoms with Gasteiger partial charge in [-0.05, 0) is 55.9 Å². The summed E-state index contributed by atoms with van der Waals surface area (Å²) in [5.74, 6) is 0.847. The number of nitrogens with zero attached hydrogens (tertiary/aromatic N) is 1. The minimum atomic E-state index is 0.133. The highest BCUT2D eigenvalue weighted by Gasteiger charge is 2.16. The van der Waals surface area contributed by atoms with Crippen molar-refractivity contribution in [3.8, 4) is 0 Å². The van der Waals surface area contributed by atoms with E-state index in [1.807, 2.05) is 12.1 Å². The lowest BCUT2D eigenvalue weighted by Crippen LogP contribution is -2.36. The topological polar surface area (TPSA) is 35.5 Å². The van der Waals surface area contributed by atoms with E-state index in [1.165, 1.54) is 51.0 Å². The summed E-state index contributed by atoms with van der Waals surface area (Å²) < 4.78 is 0. The monoisotopic (exact) mass is 276 g/mol. The number of hydrogen-bond donors (Lipinski definition) is 2. The molecule has 0 aromatic heterocycles. The average Bonchev–Trinajstić information content (AvgIpc) is 2.49. The molecule has 3 nitrogen and oxygen atoms in total. The van der Waals surface area contributed by atoms with E-state index in [2.05, 4.69) is 29.3 Å². The fourth-order valence-electron chi connectivity index (χ4n) is 2.99. The van der Waals surface area contributed by atoms with Gasteiger partial charge in [0.05, 0.1) is 6.61 Å². The Morgan fingerprint density at radius 2 is 1.80 bits per heavy atom. The zero-order valence-electron chi connectivity index (χ0n) is 12.6. The van der Waals surface area contributed by atoms with Crippen LogP contribution in [0.2, 0.25) is 0 Å². The third-order valence-electron chi connectivity index (χ3n) is 4.13. The SMILES string of the molecule is CCCN(Cc1ccc(CO)cc1)CC1CCNCC1. The Labute approximate surface area is 123 Å². The molecule has 1 fully saturated rings. The predicted octanol–water partition coefficient (Wildman–Crippen LogP) is 2.39. The first kappa shape index (κ1) is 15.5. The van der Waals surface area contributed by atoms with Gasteiger partial charge >= 0.3 is 0 Å². The molecule has 112 valence electrons. The molecule has 1 saturated heterocycles. The maximum absolute atomic E-state index is 9.09. The fraction of sp³-hybridized carbons (Fsp3) is 0.647. The molecule has 0 radical (unpaired) electrons. The molecule has 1 aromatic rings. The number of rotatable bonds is 7. The van der Waals surface area contributed by atoms with Crippen LogP contribution in [0, 0.1) is 5.92 Å². The van der Waals surface area contributed by atoms with Crippen molar-refractivity contribution in [1.29, 1.82) is 0 Å². The Kier molecular flexibility index (Phi) is 6.51. The molecule has 0 saturated carbocycles. The second-order valence-electron chi connectivity index (χ2n) is 5.90. The van der Waals surface area contributed by atoms with Crippen LogP contribution in [0.15, 0.2) is 24.3 Å². The zero-order valence-corrected chi connectivity index (χ0v) is 12.6. The van der Waals surface area contributed by atoms with Gasteiger partial charge < -0.3 is 10.4 Å². The third kappa shape index (κ3) is 4.89. The summed E-state index contributed by atoms with van der Waals surface area (Å²) in [4.78, 5) is 2.59. The van der Waals surface area contributed by atoms with Crippen molar-refractivity contribution in [2.24, 2.45) is 5.92 Å². The van der Waals surface area contributed by atoms with Crippen molar-refractivity contribution in [2.45, 2.75) is 39.3 Å². The molecule has 1 aliphatic rings. The second kappa shape index (κ2) is 8.40. The van der Waals surface area contributed by atoms with Crippen molar-refractivity contribution in [3.05, 3.63) is 35.4 Å². The number of aliphatic hydroxyl groups excluding tert-OH is 1. The van der Waals surface area contributed by atoms with Gasteiger partial charge in [0.15, 0.2) is 0 Å². The maximum atomic E-state index is 9.09. The molecular weight excluding hydrogens is 248 g/mol. The van der Waals surface area contributed by atoms with Crippen LogP contribution < -0.4 is 5.32 Å². The Bertz CT molecular complexity index is 371. The van der Waals surface area contributed by atoms with E-state index >= 15 is 0 Å². The van der Waals surface area contributed by atoms with Crippen LogP contribution in [0.5, 0.6) is 0 Å². The molecule has 0 unspecified atom stereocenters. The van der Waals surface area contributed by atoms with E-state index in [1.54, 1.807) is 0 Å². The lowest BCUT2D eigenvalue weighted by Gasteiger charge is -2.30. The smallest absolute Gasteiger partial charge is 0.0681 e. The highest BCUT2D eigenvalue weighted by molar-refractivity contribution is 5.21. The third-order valence-corrected chi connectivity index (χ3v) is 4.13. The highest BCUT2D eigenvalue weighted by Crippen LogP contribution is 2.16. The van der Waals surface area contributed by atoms with Crippen molar-refractivity contribution in [3.63, 3.8) is 0 Å². The first-order chi connectivity index (χ1) is 9.81. The minimum Gasteiger partial charge on any atom is -0.392 e. The summed E-state index contributed by atoms with van der Waals surface area (Å²) >= 11 is 0. The molecule has 0 bridgehead atoms. The van der Waals surface area contributed by atoms with E-state index < -0.39 is 0 Å². The van der Waals surface area contributed by atoms with Crippen molar-refractivity contribution in [2.75, 3.05) is 26.2 Å². The van der Waals surface area contributed by atoms with E-state index in [4.69, 9.17) is 5.11 Å². The number of aliphatic hydroxyl groups is 1. The molecular formula is C17H28N2O. The molecule has 0 atom stereocenters. The lowest BCUT2D eigenvalue weighted by atomic mass is 9.97. The molecule has 1 aromatic carbocycles. The number of hydrogen-bond acceptors (Lipinski definition) is 3. The van der Waals surface area contributed by atoms with Gasteiger partial charge in [-0.1, -0.05) is 31.2 Å². The Hall–Kier alpha value is -0.900. The summed E-state index contributed by atoms with van der Waals surface area (Å²) in [5, 5.41) is 12.5. The van der Waals surface area contributed by atoms with Crippen molar-refractivity contribution in [1.82, 2.24) is 10.2 Å². The van der Waals surface area contributed by atoms with Crippen LogP contribution in [0.4, 0.5) is 0 Å². The minimum absolute atomic E-state index is 0.133. The Morgan fingerprint density at radius 1 is 1.15 bits per heavy atom. The quantitative estimate of drug-likeness (QED) is 0.802. The van der Waals surface area contributed by atoms with E-state index in [9.17, 15) is 0 Å². The number of benzene rings is 1. The summed E-state index contributed by atoms with van der Waals surface area (Å²) in [6.07, 6.45) is 3.83. The second-order valence-corrected chi connectivity index (χ2v) is 5.90. The normalized spacial score (nSPS) is 16.8. The van der Waals surface area contributed by atoms with Gasteiger partial charge in [-0.25, -0.2) is 0 Å². The maximum Gasteiger partial charge on any atom is 0.0681 e. The van der Waals surface area contributed by atoms with Gasteiger partial charge in [0, 0.05) is 13.1 Å².